The Morgan fingerprint density at radius 2 is 2.00 bits per heavy atom. The third kappa shape index (κ3) is 3.54. The van der Waals surface area contributed by atoms with Crippen molar-refractivity contribution in [2.45, 2.75) is 10.4 Å². The topological polar surface area (TPSA) is 59.3 Å². The number of carbonyl (C=O) groups excluding carboxylic acids is 1. The van der Waals surface area contributed by atoms with Crippen LogP contribution in [-0.2, 0) is 4.74 Å². The van der Waals surface area contributed by atoms with Gasteiger partial charge in [-0.05, 0) is 23.9 Å². The molecule has 0 saturated carbocycles. The van der Waals surface area contributed by atoms with Crippen molar-refractivity contribution in [3.05, 3.63) is 23.3 Å². The van der Waals surface area contributed by atoms with E-state index in [1.807, 2.05) is 0 Å². The highest BCUT2D eigenvalue weighted by Crippen LogP contribution is 2.42. The molecule has 0 aliphatic carbocycles. The Morgan fingerprint density at radius 1 is 1.37 bits per heavy atom. The molecule has 8 heteroatoms. The summed E-state index contributed by atoms with van der Waals surface area (Å²) in [6.45, 7) is 0. The zero-order valence-electron chi connectivity index (χ0n) is 9.87. The Balaban J connectivity index is 3.48. The number of methoxy groups -OCH3 is 2. The molecular weight excluding hydrogens is 283 g/mol. The van der Waals surface area contributed by atoms with Gasteiger partial charge in [-0.25, -0.2) is 4.79 Å². The van der Waals surface area contributed by atoms with Gasteiger partial charge in [0.2, 0.25) is 0 Å². The van der Waals surface area contributed by atoms with Gasteiger partial charge in [0.25, 0.3) is 0 Å². The van der Waals surface area contributed by atoms with Crippen molar-refractivity contribution in [3.63, 3.8) is 0 Å². The molecule has 0 amide bonds. The van der Waals surface area contributed by atoms with Crippen molar-refractivity contribution < 1.29 is 27.4 Å². The van der Waals surface area contributed by atoms with Gasteiger partial charge >= 0.3 is 11.5 Å². The minimum atomic E-state index is -4.57. The van der Waals surface area contributed by atoms with Gasteiger partial charge in [-0.2, -0.15) is 18.4 Å². The molecule has 0 bridgehead atoms. The molecule has 0 aromatic heterocycles. The van der Waals surface area contributed by atoms with Gasteiger partial charge in [0.1, 0.15) is 11.6 Å². The predicted molar refractivity (Wildman–Crippen MR) is 61.0 cm³/mol. The number of halogens is 3. The Morgan fingerprint density at radius 3 is 2.42 bits per heavy atom. The molecule has 19 heavy (non-hydrogen) atoms. The van der Waals surface area contributed by atoms with Crippen molar-refractivity contribution in [2.24, 2.45) is 0 Å². The summed E-state index contributed by atoms with van der Waals surface area (Å²) < 4.78 is 46.5. The van der Waals surface area contributed by atoms with E-state index in [1.54, 1.807) is 6.07 Å². The number of rotatable bonds is 3. The monoisotopic (exact) mass is 291 g/mol. The number of carbonyl (C=O) groups is 1. The Kier molecular flexibility index (Phi) is 4.67. The molecule has 0 unspecified atom stereocenters. The second-order valence-electron chi connectivity index (χ2n) is 3.17. The smallest absolute Gasteiger partial charge is 0.446 e. The van der Waals surface area contributed by atoms with E-state index >= 15 is 0 Å². The number of hydrogen-bond acceptors (Lipinski definition) is 5. The van der Waals surface area contributed by atoms with Crippen LogP contribution in [0, 0.1) is 11.3 Å². The number of benzene rings is 1. The van der Waals surface area contributed by atoms with Crippen LogP contribution >= 0.6 is 11.8 Å². The van der Waals surface area contributed by atoms with Crippen molar-refractivity contribution in [3.8, 4) is 11.8 Å². The van der Waals surface area contributed by atoms with Gasteiger partial charge in [0, 0.05) is 4.90 Å². The van der Waals surface area contributed by atoms with Crippen LogP contribution in [0.5, 0.6) is 5.75 Å². The van der Waals surface area contributed by atoms with E-state index in [1.165, 1.54) is 0 Å². The van der Waals surface area contributed by atoms with E-state index in [0.29, 0.717) is 0 Å². The average molecular weight is 291 g/mol. The van der Waals surface area contributed by atoms with E-state index in [9.17, 15) is 18.0 Å². The molecule has 0 fully saturated rings. The first kappa shape index (κ1) is 15.2. The molecule has 0 radical (unpaired) electrons. The fourth-order valence-electron chi connectivity index (χ4n) is 1.37. The summed E-state index contributed by atoms with van der Waals surface area (Å²) >= 11 is -0.470. The van der Waals surface area contributed by atoms with Gasteiger partial charge < -0.3 is 9.47 Å². The fourth-order valence-corrected chi connectivity index (χ4v) is 2.03. The lowest BCUT2D eigenvalue weighted by atomic mass is 10.1. The van der Waals surface area contributed by atoms with Crippen LogP contribution in [0.1, 0.15) is 15.9 Å². The maximum Gasteiger partial charge on any atom is 0.446 e. The minimum Gasteiger partial charge on any atom is -0.494 e. The summed E-state index contributed by atoms with van der Waals surface area (Å²) in [5.41, 5.74) is -5.03. The summed E-state index contributed by atoms with van der Waals surface area (Å²) in [6.07, 6.45) is 0. The maximum absolute atomic E-state index is 12.4. The quantitative estimate of drug-likeness (QED) is 0.633. The number of hydrogen-bond donors (Lipinski definition) is 0. The molecule has 0 N–H and O–H groups in total. The molecule has 1 rings (SSSR count). The van der Waals surface area contributed by atoms with Crippen LogP contribution in [0.2, 0.25) is 0 Å². The van der Waals surface area contributed by atoms with E-state index < -0.39 is 28.8 Å². The van der Waals surface area contributed by atoms with Crippen molar-refractivity contribution in [2.75, 3.05) is 14.2 Å². The SMILES string of the molecule is COC(=O)c1c(SC(F)(F)F)ccc(C#N)c1OC. The minimum absolute atomic E-state index is 0.0468. The van der Waals surface area contributed by atoms with Gasteiger partial charge in [-0.15, -0.1) is 0 Å². The summed E-state index contributed by atoms with van der Waals surface area (Å²) in [6, 6.07) is 3.92. The zero-order chi connectivity index (χ0) is 14.6. The van der Waals surface area contributed by atoms with Gasteiger partial charge in [-0.3, -0.25) is 0 Å². The van der Waals surface area contributed by atoms with Gasteiger partial charge in [-0.1, -0.05) is 0 Å². The molecule has 0 heterocycles. The van der Waals surface area contributed by atoms with Crippen LogP contribution in [0.3, 0.4) is 0 Å². The first-order valence-corrected chi connectivity index (χ1v) is 5.60. The highest BCUT2D eigenvalue weighted by molar-refractivity contribution is 8.00. The van der Waals surface area contributed by atoms with Gasteiger partial charge in [0.05, 0.1) is 19.8 Å². The highest BCUT2D eigenvalue weighted by atomic mass is 32.2. The van der Waals surface area contributed by atoms with Gasteiger partial charge in [0.15, 0.2) is 5.75 Å². The first-order chi connectivity index (χ1) is 8.84. The molecule has 0 saturated heterocycles. The zero-order valence-corrected chi connectivity index (χ0v) is 10.7. The molecule has 102 valence electrons. The van der Waals surface area contributed by atoms with E-state index in [2.05, 4.69) is 4.74 Å². The third-order valence-electron chi connectivity index (χ3n) is 2.06. The second kappa shape index (κ2) is 5.84. The largest absolute Gasteiger partial charge is 0.494 e. The second-order valence-corrected chi connectivity index (χ2v) is 4.28. The van der Waals surface area contributed by atoms with Crippen LogP contribution in [0.15, 0.2) is 17.0 Å². The lowest BCUT2D eigenvalue weighted by Gasteiger charge is -2.14. The van der Waals surface area contributed by atoms with Crippen molar-refractivity contribution in [1.82, 2.24) is 0 Å². The first-order valence-electron chi connectivity index (χ1n) is 4.79. The highest BCUT2D eigenvalue weighted by Gasteiger charge is 2.33. The number of esters is 1. The summed E-state index contributed by atoms with van der Waals surface area (Å²) in [4.78, 5) is 11.2. The normalized spacial score (nSPS) is 10.7. The maximum atomic E-state index is 12.4. The summed E-state index contributed by atoms with van der Waals surface area (Å²) in [5, 5.41) is 8.84. The van der Waals surface area contributed by atoms with Crippen LogP contribution in [0.4, 0.5) is 13.2 Å². The van der Waals surface area contributed by atoms with Crippen molar-refractivity contribution >= 4 is 17.7 Å². The molecule has 0 aliphatic heterocycles. The van der Waals surface area contributed by atoms with Crippen LogP contribution < -0.4 is 4.74 Å². The number of nitrogens with zero attached hydrogens (tertiary/aromatic N) is 1. The number of thioether (sulfide) groups is 1. The molecule has 1 aromatic carbocycles. The number of ether oxygens (including phenoxy) is 2. The molecule has 0 atom stereocenters. The number of alkyl halides is 3. The number of nitriles is 1. The van der Waals surface area contributed by atoms with Crippen LogP contribution in [0.25, 0.3) is 0 Å². The predicted octanol–water partition coefficient (Wildman–Crippen LogP) is 2.97. The molecule has 4 nitrogen and oxygen atoms in total. The lowest BCUT2D eigenvalue weighted by Crippen LogP contribution is -2.10. The Labute approximate surface area is 111 Å². The van der Waals surface area contributed by atoms with E-state index in [-0.39, 0.29) is 16.2 Å². The Hall–Kier alpha value is -1.88. The third-order valence-corrected chi connectivity index (χ3v) is 2.85. The lowest BCUT2D eigenvalue weighted by molar-refractivity contribution is -0.0328. The molecule has 0 aliphatic rings. The molecule has 0 spiro atoms. The Bertz CT molecular complexity index is 537. The van der Waals surface area contributed by atoms with E-state index in [4.69, 9.17) is 10.00 Å². The summed E-state index contributed by atoms with van der Waals surface area (Å²) in [7, 11) is 2.19. The average Bonchev–Trinajstić information content (AvgIpc) is 2.35. The summed E-state index contributed by atoms with van der Waals surface area (Å²) in [5.74, 6) is -1.23. The standard InChI is InChI=1S/C11H8F3NO3S/c1-17-9-6(5-15)3-4-7(19-11(12,13)14)8(9)10(16)18-2/h3-4H,1-2H3. The molecule has 1 aromatic rings. The fraction of sp³-hybridized carbons (Fsp3) is 0.273. The van der Waals surface area contributed by atoms with E-state index in [0.717, 1.165) is 26.4 Å². The van der Waals surface area contributed by atoms with Crippen LogP contribution in [-0.4, -0.2) is 25.7 Å². The van der Waals surface area contributed by atoms with Crippen molar-refractivity contribution in [1.29, 1.82) is 5.26 Å². The molecular formula is C11H8F3NO3S.